The van der Waals surface area contributed by atoms with Crippen LogP contribution < -0.4 is 9.64 Å². The quantitative estimate of drug-likeness (QED) is 0.660. The average Bonchev–Trinajstić information content (AvgIpc) is 3.28. The van der Waals surface area contributed by atoms with Crippen LogP contribution in [-0.2, 0) is 24.2 Å². The maximum Gasteiger partial charge on any atom is 0.229 e. The summed E-state index contributed by atoms with van der Waals surface area (Å²) in [5.41, 5.74) is 2.13. The Morgan fingerprint density at radius 3 is 2.62 bits per heavy atom. The number of ether oxygens (including phenoxy) is 2. The first kappa shape index (κ1) is 18.1. The van der Waals surface area contributed by atoms with Crippen molar-refractivity contribution in [3.63, 3.8) is 0 Å². The predicted octanol–water partition coefficient (Wildman–Crippen LogP) is 3.26. The van der Waals surface area contributed by atoms with Gasteiger partial charge >= 0.3 is 0 Å². The fourth-order valence-electron chi connectivity index (χ4n) is 3.77. The number of para-hydroxylation sites is 1. The Bertz CT molecular complexity index is 940. The van der Waals surface area contributed by atoms with Crippen molar-refractivity contribution in [2.24, 2.45) is 0 Å². The molecule has 150 valence electrons. The van der Waals surface area contributed by atoms with Crippen LogP contribution >= 0.6 is 0 Å². The highest BCUT2D eigenvalue weighted by Gasteiger charge is 2.26. The third-order valence-electron chi connectivity index (χ3n) is 5.30. The Labute approximate surface area is 169 Å². The first-order valence-corrected chi connectivity index (χ1v) is 10.1. The maximum absolute atomic E-state index is 6.23. The third-order valence-corrected chi connectivity index (χ3v) is 5.30. The van der Waals surface area contributed by atoms with Crippen LogP contribution in [0.15, 0.2) is 53.1 Å². The molecule has 1 saturated heterocycles. The molecule has 0 bridgehead atoms. The van der Waals surface area contributed by atoms with Gasteiger partial charge in [-0.2, -0.15) is 4.98 Å². The fourth-order valence-corrected chi connectivity index (χ4v) is 3.77. The number of fused-ring (bicyclic) bond motifs is 1. The molecule has 2 aliphatic rings. The molecule has 1 fully saturated rings. The summed E-state index contributed by atoms with van der Waals surface area (Å²) in [6.45, 7) is 5.43. The minimum Gasteiger partial charge on any atom is -0.468 e. The van der Waals surface area contributed by atoms with Gasteiger partial charge in [-0.25, -0.2) is 4.98 Å². The minimum absolute atomic E-state index is 0.645. The number of aromatic nitrogens is 2. The second-order valence-electron chi connectivity index (χ2n) is 7.31. The lowest BCUT2D eigenvalue weighted by molar-refractivity contribution is 0.122. The van der Waals surface area contributed by atoms with E-state index < -0.39 is 0 Å². The lowest BCUT2D eigenvalue weighted by atomic mass is 10.1. The zero-order chi connectivity index (χ0) is 19.5. The van der Waals surface area contributed by atoms with Gasteiger partial charge in [0.25, 0.3) is 0 Å². The average molecular weight is 392 g/mol. The number of anilines is 1. The van der Waals surface area contributed by atoms with Crippen LogP contribution in [0.5, 0.6) is 11.6 Å². The third kappa shape index (κ3) is 4.11. The maximum atomic E-state index is 6.23. The van der Waals surface area contributed by atoms with Gasteiger partial charge in [0, 0.05) is 32.6 Å². The molecule has 29 heavy (non-hydrogen) atoms. The molecule has 4 heterocycles. The standard InChI is InChI=1S/C22H24N4O3/c1-2-5-17(6-3-1)29-21-19-16-25(15-18-7-4-12-28-18)9-8-20(19)23-22(24-21)26-10-13-27-14-11-26/h1-7,12H,8-11,13-16H2. The van der Waals surface area contributed by atoms with E-state index in [0.717, 1.165) is 67.9 Å². The van der Waals surface area contributed by atoms with Gasteiger partial charge < -0.3 is 18.8 Å². The first-order valence-electron chi connectivity index (χ1n) is 10.1. The van der Waals surface area contributed by atoms with Gasteiger partial charge in [0.2, 0.25) is 11.8 Å². The first-order chi connectivity index (χ1) is 14.3. The van der Waals surface area contributed by atoms with Gasteiger partial charge in [0.1, 0.15) is 11.5 Å². The Balaban J connectivity index is 1.46. The number of morpholine rings is 1. The molecule has 5 rings (SSSR count). The monoisotopic (exact) mass is 392 g/mol. The summed E-state index contributed by atoms with van der Waals surface area (Å²) in [5.74, 6) is 3.12. The zero-order valence-corrected chi connectivity index (χ0v) is 16.3. The van der Waals surface area contributed by atoms with Crippen LogP contribution in [0.4, 0.5) is 5.95 Å². The molecule has 0 N–H and O–H groups in total. The number of benzene rings is 1. The highest BCUT2D eigenvalue weighted by Crippen LogP contribution is 2.32. The predicted molar refractivity (Wildman–Crippen MR) is 108 cm³/mol. The van der Waals surface area contributed by atoms with Gasteiger partial charge in [-0.05, 0) is 24.3 Å². The van der Waals surface area contributed by atoms with E-state index in [1.165, 1.54) is 0 Å². The van der Waals surface area contributed by atoms with Gasteiger partial charge in [-0.1, -0.05) is 18.2 Å². The second kappa shape index (κ2) is 8.23. The number of rotatable bonds is 5. The lowest BCUT2D eigenvalue weighted by Gasteiger charge is -2.31. The molecule has 0 spiro atoms. The van der Waals surface area contributed by atoms with E-state index in [4.69, 9.17) is 23.9 Å². The van der Waals surface area contributed by atoms with Crippen molar-refractivity contribution in [3.8, 4) is 11.6 Å². The molecular formula is C22H24N4O3. The Morgan fingerprint density at radius 1 is 0.966 bits per heavy atom. The van der Waals surface area contributed by atoms with Crippen molar-refractivity contribution in [1.29, 1.82) is 0 Å². The second-order valence-corrected chi connectivity index (χ2v) is 7.31. The van der Waals surface area contributed by atoms with Crippen molar-refractivity contribution < 1.29 is 13.9 Å². The van der Waals surface area contributed by atoms with Crippen molar-refractivity contribution in [2.45, 2.75) is 19.5 Å². The molecule has 1 aromatic carbocycles. The molecule has 3 aromatic rings. The van der Waals surface area contributed by atoms with Crippen molar-refractivity contribution >= 4 is 5.95 Å². The summed E-state index contributed by atoms with van der Waals surface area (Å²) in [5, 5.41) is 0. The summed E-state index contributed by atoms with van der Waals surface area (Å²) < 4.78 is 17.2. The molecule has 2 aliphatic heterocycles. The molecular weight excluding hydrogens is 368 g/mol. The van der Waals surface area contributed by atoms with Gasteiger partial charge in [0.05, 0.1) is 37.3 Å². The Kier molecular flexibility index (Phi) is 5.15. The Morgan fingerprint density at radius 2 is 1.83 bits per heavy atom. The van der Waals surface area contributed by atoms with Gasteiger partial charge in [0.15, 0.2) is 0 Å². The van der Waals surface area contributed by atoms with Crippen LogP contribution in [0.3, 0.4) is 0 Å². The molecule has 2 aromatic heterocycles. The van der Waals surface area contributed by atoms with Crippen molar-refractivity contribution in [2.75, 3.05) is 37.7 Å². The highest BCUT2D eigenvalue weighted by molar-refractivity contribution is 5.43. The smallest absolute Gasteiger partial charge is 0.229 e. The van der Waals surface area contributed by atoms with Crippen LogP contribution in [0.2, 0.25) is 0 Å². The molecule has 0 radical (unpaired) electrons. The summed E-state index contributed by atoms with van der Waals surface area (Å²) in [4.78, 5) is 14.2. The van der Waals surface area contributed by atoms with Crippen molar-refractivity contribution in [3.05, 3.63) is 65.7 Å². The minimum atomic E-state index is 0.645. The SMILES string of the molecule is c1ccc(Oc2nc(N3CCOCC3)nc3c2CN(Cc2ccco2)CC3)cc1. The van der Waals surface area contributed by atoms with Crippen LogP contribution in [0.25, 0.3) is 0 Å². The molecule has 7 heteroatoms. The van der Waals surface area contributed by atoms with Crippen LogP contribution in [-0.4, -0.2) is 47.7 Å². The number of nitrogens with zero attached hydrogens (tertiary/aromatic N) is 4. The zero-order valence-electron chi connectivity index (χ0n) is 16.3. The fraction of sp³-hybridized carbons (Fsp3) is 0.364. The molecule has 0 atom stereocenters. The molecule has 0 saturated carbocycles. The molecule has 0 unspecified atom stereocenters. The lowest BCUT2D eigenvalue weighted by Crippen LogP contribution is -2.38. The van der Waals surface area contributed by atoms with Crippen LogP contribution in [0, 0.1) is 0 Å². The topological polar surface area (TPSA) is 63.9 Å². The molecule has 7 nitrogen and oxygen atoms in total. The summed E-state index contributed by atoms with van der Waals surface area (Å²) in [6.07, 6.45) is 2.58. The number of hydrogen-bond donors (Lipinski definition) is 0. The van der Waals surface area contributed by atoms with E-state index in [0.29, 0.717) is 19.1 Å². The van der Waals surface area contributed by atoms with E-state index in [9.17, 15) is 0 Å². The van der Waals surface area contributed by atoms with E-state index in [-0.39, 0.29) is 0 Å². The number of hydrogen-bond acceptors (Lipinski definition) is 7. The molecule has 0 aliphatic carbocycles. The highest BCUT2D eigenvalue weighted by atomic mass is 16.5. The largest absolute Gasteiger partial charge is 0.468 e. The van der Waals surface area contributed by atoms with Gasteiger partial charge in [-0.3, -0.25) is 4.90 Å². The Hall–Kier alpha value is -2.90. The van der Waals surface area contributed by atoms with E-state index >= 15 is 0 Å². The van der Waals surface area contributed by atoms with E-state index in [1.807, 2.05) is 42.5 Å². The summed E-state index contributed by atoms with van der Waals surface area (Å²) in [6, 6.07) is 13.7. The summed E-state index contributed by atoms with van der Waals surface area (Å²) in [7, 11) is 0. The van der Waals surface area contributed by atoms with E-state index in [1.54, 1.807) is 6.26 Å². The summed E-state index contributed by atoms with van der Waals surface area (Å²) >= 11 is 0. The molecule has 0 amide bonds. The normalized spacial score (nSPS) is 17.2. The van der Waals surface area contributed by atoms with Crippen LogP contribution in [0.1, 0.15) is 17.0 Å². The van der Waals surface area contributed by atoms with Crippen molar-refractivity contribution in [1.82, 2.24) is 14.9 Å². The van der Waals surface area contributed by atoms with Gasteiger partial charge in [-0.15, -0.1) is 0 Å². The number of furan rings is 1. The van der Waals surface area contributed by atoms with E-state index in [2.05, 4.69) is 9.80 Å².